The summed E-state index contributed by atoms with van der Waals surface area (Å²) in [5.41, 5.74) is -0.890. The van der Waals surface area contributed by atoms with Crippen molar-refractivity contribution in [2.24, 2.45) is 11.8 Å². The fourth-order valence-electron chi connectivity index (χ4n) is 4.24. The number of allylic oxidation sites excluding steroid dienone is 2. The van der Waals surface area contributed by atoms with Crippen molar-refractivity contribution in [3.05, 3.63) is 23.8 Å². The summed E-state index contributed by atoms with van der Waals surface area (Å²) >= 11 is 0. The second-order valence-corrected chi connectivity index (χ2v) is 10.0. The van der Waals surface area contributed by atoms with Crippen LogP contribution < -0.4 is 0 Å². The molecule has 0 saturated carbocycles. The molecule has 2 N–H and O–H groups in total. The van der Waals surface area contributed by atoms with Crippen molar-refractivity contribution < 1.29 is 29.3 Å². The van der Waals surface area contributed by atoms with Crippen LogP contribution in [0.25, 0.3) is 0 Å². The average Bonchev–Trinajstić information content (AvgIpc) is 2.90. The fraction of sp³-hybridized carbons (Fsp3) is 0.750. The van der Waals surface area contributed by atoms with E-state index in [2.05, 4.69) is 0 Å². The highest BCUT2D eigenvalue weighted by Crippen LogP contribution is 2.35. The summed E-state index contributed by atoms with van der Waals surface area (Å²) in [6, 6.07) is 0. The first-order chi connectivity index (χ1) is 13.8. The molecule has 0 bridgehead atoms. The number of Topliss-reactive ketones (excluding diaryl/α,β-unsaturated/α-hetero) is 1. The lowest BCUT2D eigenvalue weighted by molar-refractivity contribution is -0.146. The highest BCUT2D eigenvalue weighted by Gasteiger charge is 2.42. The predicted octanol–water partition coefficient (Wildman–Crippen LogP) is 3.50. The van der Waals surface area contributed by atoms with Crippen LogP contribution in [-0.2, 0) is 19.1 Å². The Balaban J connectivity index is 2.25. The molecule has 170 valence electrons. The van der Waals surface area contributed by atoms with Crippen LogP contribution in [0.15, 0.2) is 23.8 Å². The number of aliphatic hydroxyl groups excluding tert-OH is 1. The largest absolute Gasteiger partial charge is 0.456 e. The Kier molecular flexibility index (Phi) is 8.05. The van der Waals surface area contributed by atoms with E-state index < -0.39 is 17.7 Å². The van der Waals surface area contributed by atoms with Crippen LogP contribution >= 0.6 is 0 Å². The van der Waals surface area contributed by atoms with E-state index in [4.69, 9.17) is 9.47 Å². The number of esters is 1. The minimum Gasteiger partial charge on any atom is -0.456 e. The van der Waals surface area contributed by atoms with Gasteiger partial charge in [-0.3, -0.25) is 4.79 Å². The molecule has 1 saturated heterocycles. The van der Waals surface area contributed by atoms with Crippen molar-refractivity contribution in [3.8, 4) is 0 Å². The lowest BCUT2D eigenvalue weighted by Crippen LogP contribution is -2.40. The van der Waals surface area contributed by atoms with Gasteiger partial charge in [-0.05, 0) is 46.5 Å². The van der Waals surface area contributed by atoms with E-state index in [1.54, 1.807) is 6.08 Å². The molecule has 30 heavy (non-hydrogen) atoms. The molecule has 2 aliphatic rings. The molecule has 1 fully saturated rings. The second kappa shape index (κ2) is 9.75. The second-order valence-electron chi connectivity index (χ2n) is 10.0. The summed E-state index contributed by atoms with van der Waals surface area (Å²) in [4.78, 5) is 24.9. The van der Waals surface area contributed by atoms with E-state index in [-0.39, 0.29) is 48.3 Å². The third-order valence-electron chi connectivity index (χ3n) is 6.10. The highest BCUT2D eigenvalue weighted by molar-refractivity contribution is 5.87. The number of fused-ring (bicyclic) bond motifs is 1. The molecule has 0 aromatic rings. The average molecular weight is 423 g/mol. The third-order valence-corrected chi connectivity index (χ3v) is 6.10. The standard InChI is InChI=1S/C24H38O6/c1-15-7-9-19-20(14-23(4,5)30-19)29-22(27)10-8-16(2)12-21(26)24(6,28)13-18(25)17(3)11-15/h8,10-11,16-20,25,28H,7,9,12-14H2,1-6H3/b10-8+,15-11+/t16-,17-,18+,19+,20-,24-/m1/s1. The summed E-state index contributed by atoms with van der Waals surface area (Å²) in [5.74, 6) is -1.24. The van der Waals surface area contributed by atoms with Crippen LogP contribution in [0.2, 0.25) is 0 Å². The van der Waals surface area contributed by atoms with Crippen LogP contribution in [0, 0.1) is 11.8 Å². The summed E-state index contributed by atoms with van der Waals surface area (Å²) in [5, 5.41) is 21.2. The highest BCUT2D eigenvalue weighted by atomic mass is 16.6. The molecule has 2 rings (SSSR count). The van der Waals surface area contributed by atoms with E-state index in [1.165, 1.54) is 13.0 Å². The van der Waals surface area contributed by atoms with Gasteiger partial charge < -0.3 is 19.7 Å². The van der Waals surface area contributed by atoms with Gasteiger partial charge in [-0.2, -0.15) is 0 Å². The molecule has 6 heteroatoms. The molecule has 2 aliphatic heterocycles. The van der Waals surface area contributed by atoms with Crippen molar-refractivity contribution in [1.29, 1.82) is 0 Å². The maximum atomic E-state index is 12.6. The molecule has 6 nitrogen and oxygen atoms in total. The first-order valence-electron chi connectivity index (χ1n) is 11.0. The number of carbonyl (C=O) groups is 2. The van der Waals surface area contributed by atoms with Gasteiger partial charge in [-0.25, -0.2) is 4.79 Å². The van der Waals surface area contributed by atoms with Gasteiger partial charge in [0.2, 0.25) is 0 Å². The van der Waals surface area contributed by atoms with Crippen LogP contribution in [0.1, 0.15) is 73.6 Å². The summed E-state index contributed by atoms with van der Waals surface area (Å²) in [6.45, 7) is 11.1. The monoisotopic (exact) mass is 422 g/mol. The van der Waals surface area contributed by atoms with E-state index in [9.17, 15) is 19.8 Å². The smallest absolute Gasteiger partial charge is 0.330 e. The van der Waals surface area contributed by atoms with Crippen molar-refractivity contribution in [2.45, 2.75) is 103 Å². The Hall–Kier alpha value is -1.50. The lowest BCUT2D eigenvalue weighted by Gasteiger charge is -2.28. The van der Waals surface area contributed by atoms with Gasteiger partial charge in [0.05, 0.1) is 17.8 Å². The van der Waals surface area contributed by atoms with E-state index in [1.807, 2.05) is 40.7 Å². The molecule has 0 amide bonds. The van der Waals surface area contributed by atoms with E-state index in [0.717, 1.165) is 12.0 Å². The fourth-order valence-corrected chi connectivity index (χ4v) is 4.24. The molecule has 0 spiro atoms. The van der Waals surface area contributed by atoms with Crippen LogP contribution in [0.5, 0.6) is 0 Å². The molecule has 0 aromatic heterocycles. The Morgan fingerprint density at radius 3 is 2.43 bits per heavy atom. The molecular weight excluding hydrogens is 384 g/mol. The Morgan fingerprint density at radius 1 is 1.10 bits per heavy atom. The molecule has 0 radical (unpaired) electrons. The lowest BCUT2D eigenvalue weighted by atomic mass is 9.84. The van der Waals surface area contributed by atoms with Gasteiger partial charge in [0.1, 0.15) is 11.7 Å². The summed E-state index contributed by atoms with van der Waals surface area (Å²) in [6.07, 6.45) is 5.77. The number of ether oxygens (including phenoxy) is 2. The number of ketones is 1. The van der Waals surface area contributed by atoms with Crippen molar-refractivity contribution in [2.75, 3.05) is 0 Å². The van der Waals surface area contributed by atoms with Crippen LogP contribution in [0.3, 0.4) is 0 Å². The zero-order valence-electron chi connectivity index (χ0n) is 19.2. The maximum Gasteiger partial charge on any atom is 0.330 e. The zero-order chi connectivity index (χ0) is 22.7. The zero-order valence-corrected chi connectivity index (χ0v) is 19.2. The normalized spacial score (nSPS) is 41.9. The van der Waals surface area contributed by atoms with Gasteiger partial charge in [0.15, 0.2) is 5.78 Å². The summed E-state index contributed by atoms with van der Waals surface area (Å²) < 4.78 is 11.8. The number of carbonyl (C=O) groups excluding carboxylic acids is 2. The first kappa shape index (κ1) is 24.8. The van der Waals surface area contributed by atoms with Gasteiger partial charge in [-0.1, -0.05) is 31.6 Å². The van der Waals surface area contributed by atoms with Gasteiger partial charge >= 0.3 is 5.97 Å². The topological polar surface area (TPSA) is 93.1 Å². The van der Waals surface area contributed by atoms with Crippen molar-refractivity contribution in [1.82, 2.24) is 0 Å². The van der Waals surface area contributed by atoms with Gasteiger partial charge in [0.25, 0.3) is 0 Å². The Labute approximate surface area is 180 Å². The van der Waals surface area contributed by atoms with Crippen LogP contribution in [0.4, 0.5) is 0 Å². The molecule has 0 aliphatic carbocycles. The summed E-state index contributed by atoms with van der Waals surface area (Å²) in [7, 11) is 0. The van der Waals surface area contributed by atoms with Crippen molar-refractivity contribution in [3.63, 3.8) is 0 Å². The molecule has 2 heterocycles. The van der Waals surface area contributed by atoms with E-state index >= 15 is 0 Å². The van der Waals surface area contributed by atoms with Gasteiger partial charge in [-0.15, -0.1) is 0 Å². The number of aliphatic hydroxyl groups is 2. The third kappa shape index (κ3) is 7.03. The first-order valence-corrected chi connectivity index (χ1v) is 11.0. The number of rotatable bonds is 0. The van der Waals surface area contributed by atoms with Crippen LogP contribution in [-0.4, -0.2) is 51.5 Å². The maximum absolute atomic E-state index is 12.6. The van der Waals surface area contributed by atoms with E-state index in [0.29, 0.717) is 12.8 Å². The Bertz CT molecular complexity index is 690. The van der Waals surface area contributed by atoms with Gasteiger partial charge in [0, 0.05) is 31.3 Å². The quantitative estimate of drug-likeness (QED) is 0.458. The number of hydrogen-bond donors (Lipinski definition) is 2. The minimum atomic E-state index is -1.62. The molecule has 0 unspecified atom stereocenters. The van der Waals surface area contributed by atoms with Crippen molar-refractivity contribution >= 4 is 11.8 Å². The molecule has 0 aromatic carbocycles. The number of hydrogen-bond acceptors (Lipinski definition) is 6. The molecular formula is C24H38O6. The Morgan fingerprint density at radius 2 is 1.77 bits per heavy atom. The molecule has 6 atom stereocenters. The minimum absolute atomic E-state index is 0.0305. The SMILES string of the molecule is C/C1=C\[C@@H](C)[C@@H](O)C[C@@](C)(O)C(=O)C[C@H](C)/C=C/C(=O)O[C@@H]2CC(C)(C)O[C@H]2CC1. The predicted molar refractivity (Wildman–Crippen MR) is 115 cm³/mol.